The predicted octanol–water partition coefficient (Wildman–Crippen LogP) is 3.17. The molecule has 6 nitrogen and oxygen atoms in total. The summed E-state index contributed by atoms with van der Waals surface area (Å²) in [7, 11) is 1.57. The lowest BCUT2D eigenvalue weighted by atomic mass is 10.1. The van der Waals surface area contributed by atoms with Gasteiger partial charge in [-0.2, -0.15) is 0 Å². The van der Waals surface area contributed by atoms with E-state index in [1.165, 1.54) is 25.1 Å². The Morgan fingerprint density at radius 3 is 2.34 bits per heavy atom. The van der Waals surface area contributed by atoms with E-state index < -0.39 is 23.7 Å². The maximum Gasteiger partial charge on any atom is 0.308 e. The number of ketones is 1. The minimum Gasteiger partial charge on any atom is -0.497 e. The standard InChI is InChI=1S/C22H22FNO5/c1-15(22(27)17-6-8-18(23)9-7-17)29-21(26)13-14-24-20(25)12-5-16-3-10-19(28-2)11-4-16/h3-12,15H,13-14H2,1-2H3,(H,24,25)/b12-5+/t15-/m1/s1. The van der Waals surface area contributed by atoms with Gasteiger partial charge in [0.1, 0.15) is 11.6 Å². The van der Waals surface area contributed by atoms with Gasteiger partial charge < -0.3 is 14.8 Å². The highest BCUT2D eigenvalue weighted by molar-refractivity contribution is 6.00. The Balaban J connectivity index is 1.72. The molecule has 0 fully saturated rings. The van der Waals surface area contributed by atoms with Crippen LogP contribution in [0.25, 0.3) is 6.08 Å². The van der Waals surface area contributed by atoms with Crippen LogP contribution in [0.2, 0.25) is 0 Å². The molecule has 7 heteroatoms. The van der Waals surface area contributed by atoms with E-state index in [-0.39, 0.29) is 24.4 Å². The van der Waals surface area contributed by atoms with Crippen LogP contribution in [0.4, 0.5) is 4.39 Å². The summed E-state index contributed by atoms with van der Waals surface area (Å²) < 4.78 is 23.0. The van der Waals surface area contributed by atoms with Gasteiger partial charge in [-0.15, -0.1) is 0 Å². The van der Waals surface area contributed by atoms with Crippen molar-refractivity contribution < 1.29 is 28.2 Å². The minimum atomic E-state index is -1.00. The summed E-state index contributed by atoms with van der Waals surface area (Å²) in [6.07, 6.45) is 1.91. The molecule has 0 saturated heterocycles. The molecule has 0 aromatic heterocycles. The number of amides is 1. The van der Waals surface area contributed by atoms with Crippen LogP contribution in [-0.2, 0) is 14.3 Å². The minimum absolute atomic E-state index is 0.0715. The molecular formula is C22H22FNO5. The van der Waals surface area contributed by atoms with Gasteiger partial charge in [0.05, 0.1) is 13.5 Å². The molecule has 0 heterocycles. The Morgan fingerprint density at radius 2 is 1.72 bits per heavy atom. The first-order chi connectivity index (χ1) is 13.9. The van der Waals surface area contributed by atoms with Gasteiger partial charge in [-0.1, -0.05) is 12.1 Å². The number of carbonyl (C=O) groups is 3. The Labute approximate surface area is 168 Å². The van der Waals surface area contributed by atoms with E-state index in [1.54, 1.807) is 37.5 Å². The van der Waals surface area contributed by atoms with Crippen LogP contribution in [0.1, 0.15) is 29.3 Å². The number of hydrogen-bond donors (Lipinski definition) is 1. The number of benzene rings is 2. The Hall–Kier alpha value is -3.48. The third-order valence-corrected chi connectivity index (χ3v) is 3.98. The van der Waals surface area contributed by atoms with E-state index in [0.29, 0.717) is 0 Å². The molecule has 2 aromatic rings. The molecule has 0 saturated carbocycles. The molecule has 1 N–H and O–H groups in total. The molecule has 29 heavy (non-hydrogen) atoms. The van der Waals surface area contributed by atoms with E-state index in [9.17, 15) is 18.8 Å². The monoisotopic (exact) mass is 399 g/mol. The van der Waals surface area contributed by atoms with Crippen molar-refractivity contribution in [3.63, 3.8) is 0 Å². The second-order valence-electron chi connectivity index (χ2n) is 6.15. The van der Waals surface area contributed by atoms with Crippen molar-refractivity contribution in [1.29, 1.82) is 0 Å². The predicted molar refractivity (Wildman–Crippen MR) is 106 cm³/mol. The summed E-state index contributed by atoms with van der Waals surface area (Å²) in [4.78, 5) is 35.8. The average Bonchev–Trinajstić information content (AvgIpc) is 2.72. The second kappa shape index (κ2) is 10.8. The van der Waals surface area contributed by atoms with Crippen molar-refractivity contribution in [2.24, 2.45) is 0 Å². The molecule has 0 bridgehead atoms. The van der Waals surface area contributed by atoms with Gasteiger partial charge in [0, 0.05) is 18.2 Å². The summed E-state index contributed by atoms with van der Waals surface area (Å²) in [6, 6.07) is 12.2. The number of carbonyl (C=O) groups excluding carboxylic acids is 3. The first kappa shape index (κ1) is 21.8. The molecule has 0 unspecified atom stereocenters. The normalized spacial score (nSPS) is 11.7. The number of nitrogens with one attached hydrogen (secondary N) is 1. The maximum atomic E-state index is 12.9. The number of rotatable bonds is 9. The smallest absolute Gasteiger partial charge is 0.308 e. The molecule has 0 aliphatic heterocycles. The van der Waals surface area contributed by atoms with Crippen molar-refractivity contribution in [1.82, 2.24) is 5.32 Å². The number of esters is 1. The number of hydrogen-bond acceptors (Lipinski definition) is 5. The Morgan fingerprint density at radius 1 is 1.07 bits per heavy atom. The summed E-state index contributed by atoms with van der Waals surface area (Å²) in [5.41, 5.74) is 1.08. The van der Waals surface area contributed by atoms with E-state index in [0.717, 1.165) is 23.4 Å². The Kier molecular flexibility index (Phi) is 8.09. The fourth-order valence-corrected chi connectivity index (χ4v) is 2.39. The van der Waals surface area contributed by atoms with Crippen LogP contribution in [0.5, 0.6) is 5.75 Å². The maximum absolute atomic E-state index is 12.9. The molecule has 1 atom stereocenters. The van der Waals surface area contributed by atoms with Gasteiger partial charge >= 0.3 is 5.97 Å². The van der Waals surface area contributed by atoms with Crippen LogP contribution >= 0.6 is 0 Å². The lowest BCUT2D eigenvalue weighted by molar-refractivity contribution is -0.146. The third-order valence-electron chi connectivity index (χ3n) is 3.98. The molecule has 0 spiro atoms. The second-order valence-corrected chi connectivity index (χ2v) is 6.15. The molecular weight excluding hydrogens is 377 g/mol. The highest BCUT2D eigenvalue weighted by Gasteiger charge is 2.19. The van der Waals surface area contributed by atoms with Crippen LogP contribution in [0.15, 0.2) is 54.6 Å². The van der Waals surface area contributed by atoms with Crippen LogP contribution in [-0.4, -0.2) is 37.4 Å². The summed E-state index contributed by atoms with van der Waals surface area (Å²) in [5.74, 6) is -1.14. The van der Waals surface area contributed by atoms with Gasteiger partial charge in [-0.25, -0.2) is 4.39 Å². The van der Waals surface area contributed by atoms with Crippen molar-refractivity contribution in [3.05, 3.63) is 71.6 Å². The van der Waals surface area contributed by atoms with Crippen molar-refractivity contribution in [3.8, 4) is 5.75 Å². The SMILES string of the molecule is COc1ccc(/C=C/C(=O)NCCC(=O)O[C@H](C)C(=O)c2ccc(F)cc2)cc1. The molecule has 2 aromatic carbocycles. The summed E-state index contributed by atoms with van der Waals surface area (Å²) >= 11 is 0. The molecule has 0 radical (unpaired) electrons. The lowest BCUT2D eigenvalue weighted by Gasteiger charge is -2.12. The number of halogens is 1. The number of methoxy groups -OCH3 is 1. The van der Waals surface area contributed by atoms with E-state index in [4.69, 9.17) is 9.47 Å². The van der Waals surface area contributed by atoms with Crippen molar-refractivity contribution >= 4 is 23.7 Å². The Bertz CT molecular complexity index is 875. The van der Waals surface area contributed by atoms with E-state index in [2.05, 4.69) is 5.32 Å². The topological polar surface area (TPSA) is 81.7 Å². The van der Waals surface area contributed by atoms with Crippen LogP contribution in [0, 0.1) is 5.82 Å². The average molecular weight is 399 g/mol. The van der Waals surface area contributed by atoms with Gasteiger partial charge in [-0.05, 0) is 55.0 Å². The van der Waals surface area contributed by atoms with E-state index in [1.807, 2.05) is 0 Å². The largest absolute Gasteiger partial charge is 0.497 e. The highest BCUT2D eigenvalue weighted by Crippen LogP contribution is 2.12. The van der Waals surface area contributed by atoms with Gasteiger partial charge in [0.25, 0.3) is 0 Å². The number of ether oxygens (including phenoxy) is 2. The summed E-state index contributed by atoms with van der Waals surface area (Å²) in [6.45, 7) is 1.52. The summed E-state index contributed by atoms with van der Waals surface area (Å²) in [5, 5.41) is 2.57. The lowest BCUT2D eigenvalue weighted by Crippen LogP contribution is -2.28. The first-order valence-corrected chi connectivity index (χ1v) is 8.98. The number of Topliss-reactive ketones (excluding diaryl/α,β-unsaturated/α-hetero) is 1. The van der Waals surface area contributed by atoms with Gasteiger partial charge in [0.2, 0.25) is 11.7 Å². The fourth-order valence-electron chi connectivity index (χ4n) is 2.39. The molecule has 0 aliphatic carbocycles. The zero-order valence-corrected chi connectivity index (χ0v) is 16.2. The molecule has 2 rings (SSSR count). The first-order valence-electron chi connectivity index (χ1n) is 8.98. The quantitative estimate of drug-likeness (QED) is 0.398. The zero-order chi connectivity index (χ0) is 21.2. The van der Waals surface area contributed by atoms with Gasteiger partial charge in [-0.3, -0.25) is 14.4 Å². The molecule has 0 aliphatic rings. The molecule has 1 amide bonds. The van der Waals surface area contributed by atoms with Gasteiger partial charge in [0.15, 0.2) is 6.10 Å². The van der Waals surface area contributed by atoms with Crippen molar-refractivity contribution in [2.75, 3.05) is 13.7 Å². The molecule has 152 valence electrons. The third kappa shape index (κ3) is 7.21. The zero-order valence-electron chi connectivity index (χ0n) is 16.2. The van der Waals surface area contributed by atoms with E-state index >= 15 is 0 Å². The highest BCUT2D eigenvalue weighted by atomic mass is 19.1. The van der Waals surface area contributed by atoms with Crippen LogP contribution < -0.4 is 10.1 Å². The van der Waals surface area contributed by atoms with Crippen molar-refractivity contribution in [2.45, 2.75) is 19.4 Å². The fraction of sp³-hybridized carbons (Fsp3) is 0.227. The van der Waals surface area contributed by atoms with Crippen LogP contribution in [0.3, 0.4) is 0 Å².